The number of aryl methyl sites for hydroxylation is 1. The van der Waals surface area contributed by atoms with E-state index in [0.29, 0.717) is 16.9 Å². The summed E-state index contributed by atoms with van der Waals surface area (Å²) in [6, 6.07) is 5.11. The summed E-state index contributed by atoms with van der Waals surface area (Å²) in [4.78, 5) is 0.892. The molecular formula is C11H12FN3S. The monoisotopic (exact) mass is 237 g/mol. The summed E-state index contributed by atoms with van der Waals surface area (Å²) in [6.07, 6.45) is 3.49. The van der Waals surface area contributed by atoms with Gasteiger partial charge >= 0.3 is 0 Å². The zero-order valence-corrected chi connectivity index (χ0v) is 9.88. The first-order valence-corrected chi connectivity index (χ1v) is 5.97. The first-order chi connectivity index (χ1) is 7.63. The van der Waals surface area contributed by atoms with Crippen LogP contribution >= 0.6 is 11.8 Å². The van der Waals surface area contributed by atoms with Crippen molar-refractivity contribution < 1.29 is 4.39 Å². The molecule has 0 unspecified atom stereocenters. The van der Waals surface area contributed by atoms with Crippen LogP contribution in [-0.2, 0) is 7.05 Å². The second-order valence-corrected chi connectivity index (χ2v) is 4.29. The molecule has 1 heterocycles. The summed E-state index contributed by atoms with van der Waals surface area (Å²) in [6.45, 7) is 0. The molecule has 1 aromatic heterocycles. The van der Waals surface area contributed by atoms with Crippen molar-refractivity contribution in [1.29, 1.82) is 0 Å². The second kappa shape index (κ2) is 4.17. The van der Waals surface area contributed by atoms with Crippen LogP contribution in [0.1, 0.15) is 0 Å². The molecule has 0 spiro atoms. The molecule has 3 nitrogen and oxygen atoms in total. The fraction of sp³-hybridized carbons (Fsp3) is 0.182. The predicted octanol–water partition coefficient (Wildman–Crippen LogP) is 2.53. The first kappa shape index (κ1) is 11.0. The Morgan fingerprint density at radius 3 is 2.62 bits per heavy atom. The molecule has 0 saturated carbocycles. The largest absolute Gasteiger partial charge is 0.383 e. The van der Waals surface area contributed by atoms with Gasteiger partial charge in [-0.3, -0.25) is 4.68 Å². The topological polar surface area (TPSA) is 43.8 Å². The van der Waals surface area contributed by atoms with Gasteiger partial charge in [0.2, 0.25) is 0 Å². The molecule has 0 bridgehead atoms. The minimum Gasteiger partial charge on any atom is -0.383 e. The Morgan fingerprint density at radius 2 is 2.12 bits per heavy atom. The third-order valence-electron chi connectivity index (χ3n) is 2.45. The van der Waals surface area contributed by atoms with Gasteiger partial charge in [0, 0.05) is 23.1 Å². The maximum atomic E-state index is 13.8. The van der Waals surface area contributed by atoms with Gasteiger partial charge in [-0.25, -0.2) is 4.39 Å². The summed E-state index contributed by atoms with van der Waals surface area (Å²) < 4.78 is 15.3. The Morgan fingerprint density at radius 1 is 1.38 bits per heavy atom. The number of halogens is 1. The molecule has 5 heteroatoms. The molecule has 0 saturated heterocycles. The average molecular weight is 237 g/mol. The molecule has 1 aromatic carbocycles. The van der Waals surface area contributed by atoms with Gasteiger partial charge in [0.25, 0.3) is 0 Å². The molecule has 0 fully saturated rings. The number of rotatable bonds is 2. The number of nitrogen functional groups attached to an aromatic ring is 1. The van der Waals surface area contributed by atoms with Gasteiger partial charge < -0.3 is 5.73 Å². The maximum Gasteiger partial charge on any atom is 0.132 e. The van der Waals surface area contributed by atoms with Gasteiger partial charge in [-0.2, -0.15) is 5.10 Å². The van der Waals surface area contributed by atoms with Crippen LogP contribution in [0, 0.1) is 5.82 Å². The summed E-state index contributed by atoms with van der Waals surface area (Å²) >= 11 is 1.50. The van der Waals surface area contributed by atoms with Gasteiger partial charge in [-0.1, -0.05) is 6.07 Å². The molecule has 2 aromatic rings. The van der Waals surface area contributed by atoms with E-state index in [9.17, 15) is 4.39 Å². The highest BCUT2D eigenvalue weighted by molar-refractivity contribution is 7.98. The third-order valence-corrected chi connectivity index (χ3v) is 3.18. The molecule has 16 heavy (non-hydrogen) atoms. The van der Waals surface area contributed by atoms with Crippen molar-refractivity contribution in [3.63, 3.8) is 0 Å². The highest BCUT2D eigenvalue weighted by atomic mass is 32.2. The van der Waals surface area contributed by atoms with Crippen LogP contribution in [0.25, 0.3) is 11.1 Å². The Balaban J connectivity index is 2.52. The molecule has 0 amide bonds. The average Bonchev–Trinajstić information content (AvgIpc) is 2.60. The Hall–Kier alpha value is -1.49. The number of hydrogen-bond donors (Lipinski definition) is 1. The highest BCUT2D eigenvalue weighted by Crippen LogP contribution is 2.29. The smallest absolute Gasteiger partial charge is 0.132 e. The van der Waals surface area contributed by atoms with Crippen molar-refractivity contribution in [2.24, 2.45) is 7.05 Å². The molecule has 0 aliphatic carbocycles. The lowest BCUT2D eigenvalue weighted by molar-refractivity contribution is 0.628. The quantitative estimate of drug-likeness (QED) is 0.816. The molecular weight excluding hydrogens is 225 g/mol. The summed E-state index contributed by atoms with van der Waals surface area (Å²) in [5.74, 6) is 0.197. The predicted molar refractivity (Wildman–Crippen MR) is 64.8 cm³/mol. The van der Waals surface area contributed by atoms with Crippen LogP contribution in [0.3, 0.4) is 0 Å². The normalized spacial score (nSPS) is 10.7. The van der Waals surface area contributed by atoms with E-state index in [-0.39, 0.29) is 5.82 Å². The molecule has 0 aliphatic heterocycles. The minimum absolute atomic E-state index is 0.272. The third kappa shape index (κ3) is 1.78. The van der Waals surface area contributed by atoms with Gasteiger partial charge in [0.1, 0.15) is 11.6 Å². The Labute approximate surface area is 97.5 Å². The van der Waals surface area contributed by atoms with Crippen molar-refractivity contribution >= 4 is 17.6 Å². The second-order valence-electron chi connectivity index (χ2n) is 3.41. The van der Waals surface area contributed by atoms with Crippen LogP contribution in [-0.4, -0.2) is 16.0 Å². The summed E-state index contributed by atoms with van der Waals surface area (Å²) in [7, 11) is 1.73. The van der Waals surface area contributed by atoms with E-state index >= 15 is 0 Å². The van der Waals surface area contributed by atoms with Gasteiger partial charge in [0.05, 0.1) is 6.20 Å². The van der Waals surface area contributed by atoms with Crippen LogP contribution < -0.4 is 5.73 Å². The van der Waals surface area contributed by atoms with Crippen LogP contribution in [0.4, 0.5) is 10.2 Å². The van der Waals surface area contributed by atoms with E-state index in [0.717, 1.165) is 4.90 Å². The number of anilines is 1. The van der Waals surface area contributed by atoms with Gasteiger partial charge in [-0.05, 0) is 18.4 Å². The van der Waals surface area contributed by atoms with Crippen molar-refractivity contribution in [1.82, 2.24) is 9.78 Å². The lowest BCUT2D eigenvalue weighted by Gasteiger charge is -2.04. The number of nitrogens with zero attached hydrogens (tertiary/aromatic N) is 2. The van der Waals surface area contributed by atoms with E-state index in [1.807, 2.05) is 12.3 Å². The number of aromatic nitrogens is 2. The number of hydrogen-bond acceptors (Lipinski definition) is 3. The van der Waals surface area contributed by atoms with Crippen molar-refractivity contribution in [2.45, 2.75) is 4.90 Å². The number of nitrogens with two attached hydrogens (primary N) is 1. The van der Waals surface area contributed by atoms with E-state index in [1.165, 1.54) is 22.5 Å². The van der Waals surface area contributed by atoms with Crippen LogP contribution in [0.5, 0.6) is 0 Å². The summed E-state index contributed by atoms with van der Waals surface area (Å²) in [5.41, 5.74) is 6.92. The van der Waals surface area contributed by atoms with Crippen molar-refractivity contribution in [2.75, 3.05) is 12.0 Å². The van der Waals surface area contributed by atoms with E-state index in [1.54, 1.807) is 19.3 Å². The van der Waals surface area contributed by atoms with Crippen molar-refractivity contribution in [3.05, 3.63) is 30.2 Å². The first-order valence-electron chi connectivity index (χ1n) is 4.75. The molecule has 0 radical (unpaired) electrons. The fourth-order valence-corrected chi connectivity index (χ4v) is 1.92. The minimum atomic E-state index is -0.272. The zero-order valence-electron chi connectivity index (χ0n) is 9.07. The van der Waals surface area contributed by atoms with E-state index in [2.05, 4.69) is 5.10 Å². The molecule has 2 rings (SSSR count). The molecule has 0 atom stereocenters. The standard InChI is InChI=1S/C11H12FN3S/c1-15-11(13)9(6-14-15)8-4-3-7(16-2)5-10(8)12/h3-6H,13H2,1-2H3. The highest BCUT2D eigenvalue weighted by Gasteiger charge is 2.12. The van der Waals surface area contributed by atoms with Gasteiger partial charge in [0.15, 0.2) is 0 Å². The Kier molecular flexibility index (Phi) is 2.87. The molecule has 84 valence electrons. The molecule has 0 aliphatic rings. The Bertz CT molecular complexity index is 522. The van der Waals surface area contributed by atoms with Crippen molar-refractivity contribution in [3.8, 4) is 11.1 Å². The number of benzene rings is 1. The van der Waals surface area contributed by atoms with Crippen LogP contribution in [0.15, 0.2) is 29.3 Å². The van der Waals surface area contributed by atoms with Gasteiger partial charge in [-0.15, -0.1) is 11.8 Å². The summed E-state index contributed by atoms with van der Waals surface area (Å²) in [5, 5.41) is 4.00. The fourth-order valence-electron chi connectivity index (χ4n) is 1.50. The lowest BCUT2D eigenvalue weighted by Crippen LogP contribution is -1.98. The number of thioether (sulfide) groups is 1. The van der Waals surface area contributed by atoms with Crippen LogP contribution in [0.2, 0.25) is 0 Å². The maximum absolute atomic E-state index is 13.8. The van der Waals surface area contributed by atoms with E-state index in [4.69, 9.17) is 5.73 Å². The zero-order chi connectivity index (χ0) is 11.7. The molecule has 2 N–H and O–H groups in total. The van der Waals surface area contributed by atoms with E-state index < -0.39 is 0 Å². The lowest BCUT2D eigenvalue weighted by atomic mass is 10.1. The SMILES string of the molecule is CSc1ccc(-c2cnn(C)c2N)c(F)c1.